The molecule has 0 saturated heterocycles. The Balaban J connectivity index is 1.21. The highest BCUT2D eigenvalue weighted by Gasteiger charge is 2.26. The first-order valence-electron chi connectivity index (χ1n) is 21.2. The Hall–Kier alpha value is -8.19. The number of thiophene rings is 1. The van der Waals surface area contributed by atoms with E-state index in [0.29, 0.717) is 17.6 Å². The van der Waals surface area contributed by atoms with E-state index in [2.05, 4.69) is 203 Å². The Kier molecular flexibility index (Phi) is 8.01. The van der Waals surface area contributed by atoms with Gasteiger partial charge in [-0.15, -0.1) is 11.3 Å². The molecule has 0 N–H and O–H groups in total. The van der Waals surface area contributed by atoms with Crippen molar-refractivity contribution in [2.75, 3.05) is 0 Å². The van der Waals surface area contributed by atoms with Gasteiger partial charge in [-0.3, -0.25) is 4.57 Å². The molecule has 0 aliphatic rings. The molecule has 0 radical (unpaired) electrons. The van der Waals surface area contributed by atoms with Gasteiger partial charge in [0.15, 0.2) is 11.6 Å². The van der Waals surface area contributed by atoms with Crippen LogP contribution in [0.2, 0.25) is 0 Å². The Morgan fingerprint density at radius 1 is 0.317 bits per heavy atom. The van der Waals surface area contributed by atoms with E-state index in [0.717, 1.165) is 82.7 Å². The Bertz CT molecular complexity index is 3850. The summed E-state index contributed by atoms with van der Waals surface area (Å²) in [5.41, 5.74) is 11.9. The lowest BCUT2D eigenvalue weighted by Crippen LogP contribution is -2.07. The third kappa shape index (κ3) is 5.52. The van der Waals surface area contributed by atoms with Crippen LogP contribution in [0.4, 0.5) is 0 Å². The molecule has 0 bridgehead atoms. The summed E-state index contributed by atoms with van der Waals surface area (Å²) in [6.07, 6.45) is 0. The van der Waals surface area contributed by atoms with Crippen LogP contribution in [-0.4, -0.2) is 24.1 Å². The minimum absolute atomic E-state index is 0.561. The van der Waals surface area contributed by atoms with Gasteiger partial charge < -0.3 is 4.57 Å². The summed E-state index contributed by atoms with van der Waals surface area (Å²) in [6, 6.07) is 75.6. The summed E-state index contributed by atoms with van der Waals surface area (Å²) in [5, 5.41) is 6.92. The van der Waals surface area contributed by atoms with Crippen LogP contribution < -0.4 is 0 Å². The van der Waals surface area contributed by atoms with Crippen LogP contribution in [0.5, 0.6) is 0 Å². The smallest absolute Gasteiger partial charge is 0.238 e. The Morgan fingerprint density at radius 3 is 1.44 bits per heavy atom. The fourth-order valence-electron chi connectivity index (χ4n) is 9.69. The van der Waals surface area contributed by atoms with Crippen molar-refractivity contribution in [2.24, 2.45) is 0 Å². The molecule has 0 aliphatic heterocycles. The van der Waals surface area contributed by atoms with Crippen molar-refractivity contribution in [2.45, 2.75) is 0 Å². The standard InChI is InChI=1S/C57H35N5S/c1-4-18-36(19-5-1)39-27-16-28-40(37-20-6-2-7-21-37)52(39)61-47-30-13-10-24-41(47)43-34-35-44-42-25-11-14-31-48(42)62(54(44)53(43)61)57-59-55(38-22-8-3-9-23-38)58-56(60-57)46-29-17-33-50-51(46)45-26-12-15-32-49(45)63-50/h1-35H. The van der Waals surface area contributed by atoms with E-state index in [1.165, 1.54) is 20.2 Å². The molecular formula is C57H35N5S. The monoisotopic (exact) mass is 821 g/mol. The average Bonchev–Trinajstić information content (AvgIpc) is 4.02. The lowest BCUT2D eigenvalue weighted by atomic mass is 9.95. The van der Waals surface area contributed by atoms with Crippen molar-refractivity contribution in [1.82, 2.24) is 24.1 Å². The number of fused-ring (bicyclic) bond motifs is 10. The van der Waals surface area contributed by atoms with Crippen LogP contribution in [0.25, 0.3) is 120 Å². The molecule has 0 unspecified atom stereocenters. The van der Waals surface area contributed by atoms with Crippen molar-refractivity contribution < 1.29 is 0 Å². The first-order valence-corrected chi connectivity index (χ1v) is 22.0. The van der Waals surface area contributed by atoms with E-state index in [1.54, 1.807) is 11.3 Å². The van der Waals surface area contributed by atoms with E-state index in [1.807, 2.05) is 18.2 Å². The molecule has 13 rings (SSSR count). The normalized spacial score (nSPS) is 11.8. The predicted octanol–water partition coefficient (Wildman–Crippen LogP) is 15.1. The van der Waals surface area contributed by atoms with Crippen molar-refractivity contribution in [3.8, 4) is 56.7 Å². The van der Waals surface area contributed by atoms with Crippen LogP contribution in [0, 0.1) is 0 Å². The molecule has 13 aromatic rings. The number of para-hydroxylation sites is 3. The highest BCUT2D eigenvalue weighted by atomic mass is 32.1. The van der Waals surface area contributed by atoms with E-state index in [4.69, 9.17) is 15.0 Å². The minimum atomic E-state index is 0.561. The predicted molar refractivity (Wildman–Crippen MR) is 263 cm³/mol. The second-order valence-corrected chi connectivity index (χ2v) is 17.0. The van der Waals surface area contributed by atoms with E-state index >= 15 is 0 Å². The molecule has 5 nitrogen and oxygen atoms in total. The maximum atomic E-state index is 5.54. The summed E-state index contributed by atoms with van der Waals surface area (Å²) < 4.78 is 7.23. The summed E-state index contributed by atoms with van der Waals surface area (Å²) in [4.78, 5) is 16.3. The lowest BCUT2D eigenvalue weighted by Gasteiger charge is -2.20. The van der Waals surface area contributed by atoms with Crippen LogP contribution in [0.15, 0.2) is 212 Å². The summed E-state index contributed by atoms with van der Waals surface area (Å²) in [5.74, 6) is 1.81. The van der Waals surface area contributed by atoms with Gasteiger partial charge in [-0.05, 0) is 35.4 Å². The highest BCUT2D eigenvalue weighted by molar-refractivity contribution is 7.25. The summed E-state index contributed by atoms with van der Waals surface area (Å²) in [6.45, 7) is 0. The van der Waals surface area contributed by atoms with Gasteiger partial charge in [0, 0.05) is 64.0 Å². The van der Waals surface area contributed by atoms with Gasteiger partial charge in [0.25, 0.3) is 0 Å². The fraction of sp³-hybridized carbons (Fsp3) is 0. The Labute approximate surface area is 366 Å². The van der Waals surface area contributed by atoms with E-state index in [-0.39, 0.29) is 0 Å². The van der Waals surface area contributed by atoms with Crippen molar-refractivity contribution in [1.29, 1.82) is 0 Å². The van der Waals surface area contributed by atoms with Gasteiger partial charge in [0.2, 0.25) is 5.95 Å². The molecule has 4 heterocycles. The zero-order chi connectivity index (χ0) is 41.4. The maximum absolute atomic E-state index is 5.54. The highest BCUT2D eigenvalue weighted by Crippen LogP contribution is 2.46. The first kappa shape index (κ1) is 35.6. The number of rotatable bonds is 6. The summed E-state index contributed by atoms with van der Waals surface area (Å²) in [7, 11) is 0. The number of aromatic nitrogens is 5. The third-order valence-electron chi connectivity index (χ3n) is 12.4. The molecular weight excluding hydrogens is 787 g/mol. The molecule has 6 heteroatoms. The van der Waals surface area contributed by atoms with Crippen molar-refractivity contribution in [3.05, 3.63) is 212 Å². The van der Waals surface area contributed by atoms with Gasteiger partial charge in [0.05, 0.1) is 27.8 Å². The Morgan fingerprint density at radius 2 is 0.794 bits per heavy atom. The molecule has 0 amide bonds. The number of hydrogen-bond donors (Lipinski definition) is 0. The maximum Gasteiger partial charge on any atom is 0.238 e. The molecule has 0 saturated carbocycles. The lowest BCUT2D eigenvalue weighted by molar-refractivity contribution is 0.954. The zero-order valence-electron chi connectivity index (χ0n) is 33.9. The molecule has 294 valence electrons. The van der Waals surface area contributed by atoms with Crippen molar-refractivity contribution in [3.63, 3.8) is 0 Å². The molecule has 0 spiro atoms. The molecule has 63 heavy (non-hydrogen) atoms. The van der Waals surface area contributed by atoms with Gasteiger partial charge >= 0.3 is 0 Å². The molecule has 0 atom stereocenters. The average molecular weight is 822 g/mol. The van der Waals surface area contributed by atoms with Crippen LogP contribution >= 0.6 is 11.3 Å². The largest absolute Gasteiger partial charge is 0.306 e. The van der Waals surface area contributed by atoms with E-state index in [9.17, 15) is 0 Å². The second-order valence-electron chi connectivity index (χ2n) is 15.9. The first-order chi connectivity index (χ1) is 31.3. The molecule has 9 aromatic carbocycles. The zero-order valence-corrected chi connectivity index (χ0v) is 34.7. The van der Waals surface area contributed by atoms with Gasteiger partial charge in [-0.2, -0.15) is 9.97 Å². The second kappa shape index (κ2) is 14.2. The molecule has 0 fully saturated rings. The van der Waals surface area contributed by atoms with Crippen molar-refractivity contribution >= 4 is 75.1 Å². The van der Waals surface area contributed by atoms with Crippen LogP contribution in [0.1, 0.15) is 0 Å². The van der Waals surface area contributed by atoms with Gasteiger partial charge in [-0.1, -0.05) is 188 Å². The number of benzene rings is 9. The topological polar surface area (TPSA) is 48.5 Å². The quantitative estimate of drug-likeness (QED) is 0.168. The SMILES string of the molecule is c1ccc(-c2nc(-c3cccc4sc5ccccc5c34)nc(-n3c4ccccc4c4ccc5c6ccccc6n(-c6c(-c7ccccc7)cccc6-c6ccccc6)c5c43)n2)cc1. The van der Waals surface area contributed by atoms with Crippen LogP contribution in [0.3, 0.4) is 0 Å². The number of hydrogen-bond acceptors (Lipinski definition) is 4. The number of nitrogens with zero attached hydrogens (tertiary/aromatic N) is 5. The minimum Gasteiger partial charge on any atom is -0.306 e. The van der Waals surface area contributed by atoms with Crippen LogP contribution in [-0.2, 0) is 0 Å². The molecule has 0 aliphatic carbocycles. The van der Waals surface area contributed by atoms with E-state index < -0.39 is 0 Å². The van der Waals surface area contributed by atoms with Gasteiger partial charge in [0.1, 0.15) is 0 Å². The molecule has 4 aromatic heterocycles. The fourth-order valence-corrected chi connectivity index (χ4v) is 10.8. The summed E-state index contributed by atoms with van der Waals surface area (Å²) >= 11 is 1.80. The van der Waals surface area contributed by atoms with Gasteiger partial charge in [-0.25, -0.2) is 4.98 Å². The third-order valence-corrected chi connectivity index (χ3v) is 13.5.